The van der Waals surface area contributed by atoms with Crippen LogP contribution in [-0.4, -0.2) is 5.54 Å². The van der Waals surface area contributed by atoms with Crippen molar-refractivity contribution in [2.75, 3.05) is 0 Å². The first kappa shape index (κ1) is 7.36. The van der Waals surface area contributed by atoms with Gasteiger partial charge in [-0.2, -0.15) is 0 Å². The van der Waals surface area contributed by atoms with Crippen LogP contribution < -0.4 is 5.73 Å². The van der Waals surface area contributed by atoms with Gasteiger partial charge in [-0.25, -0.2) is 0 Å². The summed E-state index contributed by atoms with van der Waals surface area (Å²) in [5, 5.41) is 0. The van der Waals surface area contributed by atoms with Crippen LogP contribution in [0, 0.1) is 5.41 Å². The molecule has 9 heavy (non-hydrogen) atoms. The van der Waals surface area contributed by atoms with Gasteiger partial charge in [0.05, 0.1) is 0 Å². The van der Waals surface area contributed by atoms with Crippen molar-refractivity contribution < 1.29 is 0 Å². The molecule has 0 unspecified atom stereocenters. The summed E-state index contributed by atoms with van der Waals surface area (Å²) < 4.78 is 0. The van der Waals surface area contributed by atoms with Crippen LogP contribution in [0.3, 0.4) is 0 Å². The van der Waals surface area contributed by atoms with Crippen LogP contribution >= 0.6 is 12.4 Å². The van der Waals surface area contributed by atoms with E-state index in [9.17, 15) is 0 Å². The van der Waals surface area contributed by atoms with Gasteiger partial charge >= 0.3 is 0 Å². The number of rotatable bonds is 1. The van der Waals surface area contributed by atoms with E-state index in [-0.39, 0.29) is 12.4 Å². The summed E-state index contributed by atoms with van der Waals surface area (Å²) >= 11 is 0. The highest BCUT2D eigenvalue weighted by molar-refractivity contribution is 5.85. The molecule has 1 nitrogen and oxygen atoms in total. The van der Waals surface area contributed by atoms with Gasteiger partial charge in [0.15, 0.2) is 0 Å². The minimum absolute atomic E-state index is 0. The van der Waals surface area contributed by atoms with Crippen LogP contribution in [-0.2, 0) is 0 Å². The number of hydrogen-bond acceptors (Lipinski definition) is 1. The van der Waals surface area contributed by atoms with E-state index in [0.717, 1.165) is 0 Å². The summed E-state index contributed by atoms with van der Waals surface area (Å²) in [6, 6.07) is 0. The third-order valence-corrected chi connectivity index (χ3v) is 2.99. The van der Waals surface area contributed by atoms with Gasteiger partial charge in [0.2, 0.25) is 0 Å². The second-order valence-electron chi connectivity index (χ2n) is 3.72. The molecule has 0 aromatic rings. The largest absolute Gasteiger partial charge is 0.325 e. The predicted octanol–water partition coefficient (Wildman–Crippen LogP) is 1.70. The van der Waals surface area contributed by atoms with E-state index >= 15 is 0 Å². The van der Waals surface area contributed by atoms with Crippen molar-refractivity contribution in [1.29, 1.82) is 0 Å². The average Bonchev–Trinajstić information content (AvgIpc) is 2.46. The first-order valence-corrected chi connectivity index (χ1v) is 3.45. The first-order valence-electron chi connectivity index (χ1n) is 3.45. The molecule has 2 aliphatic carbocycles. The Labute approximate surface area is 62.4 Å². The van der Waals surface area contributed by atoms with Gasteiger partial charge in [0, 0.05) is 5.54 Å². The van der Waals surface area contributed by atoms with Crippen LogP contribution in [0.4, 0.5) is 0 Å². The highest BCUT2D eigenvalue weighted by Gasteiger charge is 2.59. The van der Waals surface area contributed by atoms with E-state index < -0.39 is 0 Å². The number of nitrogens with two attached hydrogens (primary N) is 1. The molecule has 0 radical (unpaired) electrons. The van der Waals surface area contributed by atoms with Gasteiger partial charge < -0.3 is 5.73 Å². The maximum absolute atomic E-state index is 5.99. The lowest BCUT2D eigenvalue weighted by Gasteiger charge is -2.15. The predicted molar refractivity (Wildman–Crippen MR) is 40.7 cm³/mol. The minimum Gasteiger partial charge on any atom is -0.325 e. The Hall–Kier alpha value is 0.250. The summed E-state index contributed by atoms with van der Waals surface area (Å²) in [6.45, 7) is 2.32. The molecule has 0 atom stereocenters. The Morgan fingerprint density at radius 2 is 1.56 bits per heavy atom. The normalized spacial score (nSPS) is 32.7. The van der Waals surface area contributed by atoms with E-state index in [1.165, 1.54) is 25.7 Å². The Kier molecular flexibility index (Phi) is 1.34. The van der Waals surface area contributed by atoms with Crippen LogP contribution in [0.25, 0.3) is 0 Å². The monoisotopic (exact) mass is 147 g/mol. The van der Waals surface area contributed by atoms with Crippen LogP contribution in [0.1, 0.15) is 32.6 Å². The van der Waals surface area contributed by atoms with Crippen molar-refractivity contribution in [2.24, 2.45) is 11.1 Å². The van der Waals surface area contributed by atoms with Gasteiger partial charge in [0.25, 0.3) is 0 Å². The van der Waals surface area contributed by atoms with E-state index in [4.69, 9.17) is 5.73 Å². The topological polar surface area (TPSA) is 26.0 Å². The molecule has 2 rings (SSSR count). The van der Waals surface area contributed by atoms with Gasteiger partial charge in [-0.15, -0.1) is 12.4 Å². The van der Waals surface area contributed by atoms with Crippen molar-refractivity contribution in [3.8, 4) is 0 Å². The molecule has 2 aliphatic rings. The van der Waals surface area contributed by atoms with E-state index in [2.05, 4.69) is 6.92 Å². The van der Waals surface area contributed by atoms with Gasteiger partial charge in [-0.3, -0.25) is 0 Å². The molecule has 0 saturated heterocycles. The van der Waals surface area contributed by atoms with Crippen molar-refractivity contribution in [1.82, 2.24) is 0 Å². The lowest BCUT2D eigenvalue weighted by molar-refractivity contribution is 0.418. The lowest BCUT2D eigenvalue weighted by atomic mass is 9.98. The first-order chi connectivity index (χ1) is 3.66. The molecular formula is C7H14ClN. The smallest absolute Gasteiger partial charge is 0.0210 e. The molecule has 54 valence electrons. The fraction of sp³-hybridized carbons (Fsp3) is 1.00. The van der Waals surface area contributed by atoms with Crippen LogP contribution in [0.2, 0.25) is 0 Å². The van der Waals surface area contributed by atoms with Gasteiger partial charge in [0.1, 0.15) is 0 Å². The Balaban J connectivity index is 0.000000405. The van der Waals surface area contributed by atoms with E-state index in [1.54, 1.807) is 0 Å². The average molecular weight is 148 g/mol. The molecule has 0 aromatic heterocycles. The maximum atomic E-state index is 5.99. The highest BCUT2D eigenvalue weighted by atomic mass is 35.5. The molecule has 0 bridgehead atoms. The van der Waals surface area contributed by atoms with Crippen molar-refractivity contribution in [3.05, 3.63) is 0 Å². The van der Waals surface area contributed by atoms with Crippen LogP contribution in [0.5, 0.6) is 0 Å². The van der Waals surface area contributed by atoms with E-state index in [1.807, 2.05) is 0 Å². The van der Waals surface area contributed by atoms with Gasteiger partial charge in [-0.05, 0) is 31.1 Å². The molecule has 2 heteroatoms. The fourth-order valence-electron chi connectivity index (χ4n) is 1.42. The fourth-order valence-corrected chi connectivity index (χ4v) is 1.42. The maximum Gasteiger partial charge on any atom is 0.0210 e. The number of hydrogen-bond donors (Lipinski definition) is 1. The Morgan fingerprint density at radius 1 is 1.11 bits per heavy atom. The van der Waals surface area contributed by atoms with Crippen molar-refractivity contribution >= 4 is 12.4 Å². The Morgan fingerprint density at radius 3 is 1.67 bits per heavy atom. The zero-order chi connectivity index (χ0) is 5.83. The molecule has 0 heterocycles. The highest BCUT2D eigenvalue weighted by Crippen LogP contribution is 2.62. The summed E-state index contributed by atoms with van der Waals surface area (Å²) in [5.41, 5.74) is 6.86. The molecule has 2 fully saturated rings. The third kappa shape index (κ3) is 0.870. The second kappa shape index (κ2) is 1.64. The minimum atomic E-state index is 0. The Bertz CT molecular complexity index is 109. The zero-order valence-corrected chi connectivity index (χ0v) is 6.63. The molecule has 0 spiro atoms. The van der Waals surface area contributed by atoms with Crippen LogP contribution in [0.15, 0.2) is 0 Å². The summed E-state index contributed by atoms with van der Waals surface area (Å²) in [6.07, 6.45) is 5.32. The molecule has 2 saturated carbocycles. The molecule has 0 aliphatic heterocycles. The standard InChI is InChI=1S/C7H13N.ClH/c1-6(2-3-6)7(8)4-5-7;/h2-5,8H2,1H3;1H. The zero-order valence-electron chi connectivity index (χ0n) is 5.81. The molecule has 2 N–H and O–H groups in total. The van der Waals surface area contributed by atoms with Crippen molar-refractivity contribution in [2.45, 2.75) is 38.1 Å². The van der Waals surface area contributed by atoms with Crippen molar-refractivity contribution in [3.63, 3.8) is 0 Å². The van der Waals surface area contributed by atoms with E-state index in [0.29, 0.717) is 11.0 Å². The molecule has 0 aromatic carbocycles. The lowest BCUT2D eigenvalue weighted by Crippen LogP contribution is -2.31. The third-order valence-electron chi connectivity index (χ3n) is 2.99. The van der Waals surface area contributed by atoms with Gasteiger partial charge in [-0.1, -0.05) is 6.92 Å². The summed E-state index contributed by atoms with van der Waals surface area (Å²) in [5.74, 6) is 0. The number of halogens is 1. The molecular weight excluding hydrogens is 134 g/mol. The summed E-state index contributed by atoms with van der Waals surface area (Å²) in [7, 11) is 0. The molecule has 0 amide bonds. The quantitative estimate of drug-likeness (QED) is 0.601. The SMILES string of the molecule is CC1(C2(N)CC2)CC1.Cl. The second-order valence-corrected chi connectivity index (χ2v) is 3.72. The summed E-state index contributed by atoms with van der Waals surface area (Å²) in [4.78, 5) is 0.